The van der Waals surface area contributed by atoms with Gasteiger partial charge in [-0.1, -0.05) is 25.4 Å². The molecule has 0 fully saturated rings. The molecule has 1 amide bonds. The molecule has 1 aromatic rings. The molecule has 0 bridgehead atoms. The first-order chi connectivity index (χ1) is 6.65. The van der Waals surface area contributed by atoms with Gasteiger partial charge in [-0.15, -0.1) is 0 Å². The molecule has 1 N–H and O–H groups in total. The largest absolute Gasteiger partial charge is 0.354 e. The SMILES string of the molecule is CC.CNC(=O)c1ncc(Cl)cc1C. The molecule has 1 heterocycles. The summed E-state index contributed by atoms with van der Waals surface area (Å²) in [6.45, 7) is 5.80. The zero-order chi connectivity index (χ0) is 11.1. The molecule has 3 nitrogen and oxygen atoms in total. The van der Waals surface area contributed by atoms with E-state index in [1.807, 2.05) is 13.8 Å². The van der Waals surface area contributed by atoms with E-state index in [2.05, 4.69) is 10.3 Å². The van der Waals surface area contributed by atoms with Gasteiger partial charge >= 0.3 is 0 Å². The zero-order valence-electron chi connectivity index (χ0n) is 8.89. The van der Waals surface area contributed by atoms with Gasteiger partial charge in [0.1, 0.15) is 5.69 Å². The van der Waals surface area contributed by atoms with Gasteiger partial charge in [-0.05, 0) is 18.6 Å². The quantitative estimate of drug-likeness (QED) is 0.780. The van der Waals surface area contributed by atoms with Crippen molar-refractivity contribution in [2.24, 2.45) is 0 Å². The molecular weight excluding hydrogens is 200 g/mol. The van der Waals surface area contributed by atoms with Crippen LogP contribution in [0.15, 0.2) is 12.3 Å². The van der Waals surface area contributed by atoms with Gasteiger partial charge in [0, 0.05) is 13.2 Å². The number of carbonyl (C=O) groups is 1. The van der Waals surface area contributed by atoms with Crippen LogP contribution < -0.4 is 5.32 Å². The van der Waals surface area contributed by atoms with Crippen molar-refractivity contribution in [3.8, 4) is 0 Å². The topological polar surface area (TPSA) is 42.0 Å². The third kappa shape index (κ3) is 3.34. The van der Waals surface area contributed by atoms with Crippen LogP contribution in [0.1, 0.15) is 29.9 Å². The van der Waals surface area contributed by atoms with Gasteiger partial charge in [-0.3, -0.25) is 4.79 Å². The Bertz CT molecular complexity index is 313. The molecule has 0 aromatic carbocycles. The van der Waals surface area contributed by atoms with Crippen LogP contribution in [-0.4, -0.2) is 17.9 Å². The fourth-order valence-corrected chi connectivity index (χ4v) is 1.11. The monoisotopic (exact) mass is 214 g/mol. The number of amides is 1. The van der Waals surface area contributed by atoms with Crippen LogP contribution in [0.2, 0.25) is 5.02 Å². The van der Waals surface area contributed by atoms with Crippen molar-refractivity contribution in [2.75, 3.05) is 7.05 Å². The molecule has 0 radical (unpaired) electrons. The van der Waals surface area contributed by atoms with Crippen LogP contribution in [0.5, 0.6) is 0 Å². The second kappa shape index (κ2) is 6.38. The first-order valence-corrected chi connectivity index (χ1v) is 4.87. The average molecular weight is 215 g/mol. The maximum absolute atomic E-state index is 11.1. The third-order valence-electron chi connectivity index (χ3n) is 1.49. The van der Waals surface area contributed by atoms with E-state index in [-0.39, 0.29) is 5.91 Å². The van der Waals surface area contributed by atoms with Crippen molar-refractivity contribution in [3.63, 3.8) is 0 Å². The lowest BCUT2D eigenvalue weighted by Crippen LogP contribution is -2.20. The summed E-state index contributed by atoms with van der Waals surface area (Å²) < 4.78 is 0. The van der Waals surface area contributed by atoms with Crippen LogP contribution >= 0.6 is 11.6 Å². The number of aryl methyl sites for hydroxylation is 1. The Balaban J connectivity index is 0.000000791. The van der Waals surface area contributed by atoms with E-state index in [9.17, 15) is 4.79 Å². The Morgan fingerprint density at radius 3 is 2.50 bits per heavy atom. The predicted octanol–water partition coefficient (Wildman–Crippen LogP) is 2.43. The Hall–Kier alpha value is -1.09. The molecule has 0 atom stereocenters. The average Bonchev–Trinajstić information content (AvgIpc) is 2.20. The molecule has 1 aromatic heterocycles. The number of hydrogen-bond donors (Lipinski definition) is 1. The minimum absolute atomic E-state index is 0.191. The summed E-state index contributed by atoms with van der Waals surface area (Å²) in [5.74, 6) is -0.191. The lowest BCUT2D eigenvalue weighted by atomic mass is 10.2. The van der Waals surface area contributed by atoms with Gasteiger partial charge in [-0.25, -0.2) is 4.98 Å². The highest BCUT2D eigenvalue weighted by Gasteiger charge is 2.07. The molecule has 0 unspecified atom stereocenters. The molecule has 0 aliphatic carbocycles. The second-order valence-corrected chi connectivity index (χ2v) is 2.83. The van der Waals surface area contributed by atoms with Crippen molar-refractivity contribution in [2.45, 2.75) is 20.8 Å². The highest BCUT2D eigenvalue weighted by molar-refractivity contribution is 6.30. The highest BCUT2D eigenvalue weighted by Crippen LogP contribution is 2.11. The minimum Gasteiger partial charge on any atom is -0.354 e. The van der Waals surface area contributed by atoms with Crippen LogP contribution in [0, 0.1) is 6.92 Å². The van der Waals surface area contributed by atoms with Gasteiger partial charge in [0.15, 0.2) is 0 Å². The fourth-order valence-electron chi connectivity index (χ4n) is 0.897. The van der Waals surface area contributed by atoms with Gasteiger partial charge in [0.25, 0.3) is 5.91 Å². The standard InChI is InChI=1S/C8H9ClN2O.C2H6/c1-5-3-6(9)4-11-7(5)8(12)10-2;1-2/h3-4H,1-2H3,(H,10,12);1-2H3. The van der Waals surface area contributed by atoms with Crippen molar-refractivity contribution in [3.05, 3.63) is 28.5 Å². The molecule has 0 spiro atoms. The summed E-state index contributed by atoms with van der Waals surface area (Å²) in [6.07, 6.45) is 1.46. The number of pyridine rings is 1. The Labute approximate surface area is 89.5 Å². The maximum Gasteiger partial charge on any atom is 0.269 e. The number of nitrogens with one attached hydrogen (secondary N) is 1. The highest BCUT2D eigenvalue weighted by atomic mass is 35.5. The lowest BCUT2D eigenvalue weighted by molar-refractivity contribution is 0.0957. The van der Waals surface area contributed by atoms with E-state index >= 15 is 0 Å². The summed E-state index contributed by atoms with van der Waals surface area (Å²) in [5.41, 5.74) is 1.20. The Morgan fingerprint density at radius 1 is 1.50 bits per heavy atom. The lowest BCUT2D eigenvalue weighted by Gasteiger charge is -2.02. The molecule has 0 saturated carbocycles. The van der Waals surface area contributed by atoms with Crippen molar-refractivity contribution >= 4 is 17.5 Å². The van der Waals surface area contributed by atoms with E-state index in [4.69, 9.17) is 11.6 Å². The van der Waals surface area contributed by atoms with Crippen molar-refractivity contribution in [1.29, 1.82) is 0 Å². The van der Waals surface area contributed by atoms with Gasteiger partial charge in [0.2, 0.25) is 0 Å². The van der Waals surface area contributed by atoms with E-state index in [1.54, 1.807) is 20.0 Å². The molecule has 0 aliphatic heterocycles. The number of hydrogen-bond acceptors (Lipinski definition) is 2. The third-order valence-corrected chi connectivity index (χ3v) is 1.69. The van der Waals surface area contributed by atoms with Crippen LogP contribution in [0.4, 0.5) is 0 Å². The molecule has 1 rings (SSSR count). The smallest absolute Gasteiger partial charge is 0.269 e. The summed E-state index contributed by atoms with van der Waals surface area (Å²) in [7, 11) is 1.57. The van der Waals surface area contributed by atoms with E-state index in [1.165, 1.54) is 6.20 Å². The van der Waals surface area contributed by atoms with E-state index in [0.29, 0.717) is 10.7 Å². The molecular formula is C10H15ClN2O. The van der Waals surface area contributed by atoms with Gasteiger partial charge in [0.05, 0.1) is 5.02 Å². The normalized spacial score (nSPS) is 8.64. The number of halogens is 1. The summed E-state index contributed by atoms with van der Waals surface area (Å²) >= 11 is 5.67. The first kappa shape index (κ1) is 12.9. The molecule has 4 heteroatoms. The van der Waals surface area contributed by atoms with E-state index in [0.717, 1.165) is 5.56 Å². The van der Waals surface area contributed by atoms with Gasteiger partial charge < -0.3 is 5.32 Å². The number of carbonyl (C=O) groups excluding carboxylic acids is 1. The number of aromatic nitrogens is 1. The van der Waals surface area contributed by atoms with Crippen LogP contribution in [0.3, 0.4) is 0 Å². The number of nitrogens with zero attached hydrogens (tertiary/aromatic N) is 1. The predicted molar refractivity (Wildman–Crippen MR) is 58.7 cm³/mol. The Morgan fingerprint density at radius 2 is 2.07 bits per heavy atom. The van der Waals surface area contributed by atoms with E-state index < -0.39 is 0 Å². The van der Waals surface area contributed by atoms with Crippen LogP contribution in [-0.2, 0) is 0 Å². The maximum atomic E-state index is 11.1. The molecule has 14 heavy (non-hydrogen) atoms. The number of rotatable bonds is 1. The second-order valence-electron chi connectivity index (χ2n) is 2.40. The summed E-state index contributed by atoms with van der Waals surface area (Å²) in [5, 5.41) is 3.04. The fraction of sp³-hybridized carbons (Fsp3) is 0.400. The minimum atomic E-state index is -0.191. The summed E-state index contributed by atoms with van der Waals surface area (Å²) in [6, 6.07) is 1.71. The first-order valence-electron chi connectivity index (χ1n) is 4.49. The van der Waals surface area contributed by atoms with Crippen molar-refractivity contribution in [1.82, 2.24) is 10.3 Å². The van der Waals surface area contributed by atoms with Gasteiger partial charge in [-0.2, -0.15) is 0 Å². The Kier molecular flexibility index (Phi) is 5.88. The summed E-state index contributed by atoms with van der Waals surface area (Å²) in [4.78, 5) is 15.0. The van der Waals surface area contributed by atoms with Crippen molar-refractivity contribution < 1.29 is 4.79 Å². The molecule has 78 valence electrons. The van der Waals surface area contributed by atoms with Crippen LogP contribution in [0.25, 0.3) is 0 Å². The molecule has 0 saturated heterocycles. The zero-order valence-corrected chi connectivity index (χ0v) is 9.64. The molecule has 0 aliphatic rings.